The molecule has 1 aromatic carbocycles. The van der Waals surface area contributed by atoms with E-state index in [0.717, 1.165) is 5.56 Å². The number of non-ortho nitro benzene ring substituents is 1. The summed E-state index contributed by atoms with van der Waals surface area (Å²) in [4.78, 5) is 22.0. The number of alkyl carbamates (subject to hydrolysis) is 1. The van der Waals surface area contributed by atoms with Gasteiger partial charge in [0.25, 0.3) is 5.69 Å². The summed E-state index contributed by atoms with van der Waals surface area (Å²) in [6, 6.07) is 5.22. The highest BCUT2D eigenvalue weighted by molar-refractivity contribution is 6.18. The summed E-state index contributed by atoms with van der Waals surface area (Å²) in [6.45, 7) is 5.20. The van der Waals surface area contributed by atoms with E-state index in [-0.39, 0.29) is 18.0 Å². The molecule has 2 unspecified atom stereocenters. The lowest BCUT2D eigenvalue weighted by molar-refractivity contribution is -0.384. The number of nitro groups is 1. The maximum absolute atomic E-state index is 11.8. The van der Waals surface area contributed by atoms with Crippen LogP contribution in [-0.2, 0) is 11.2 Å². The molecule has 2 N–H and O–H groups in total. The third-order valence-electron chi connectivity index (χ3n) is 2.93. The summed E-state index contributed by atoms with van der Waals surface area (Å²) in [5.41, 5.74) is 0.0394. The Bertz CT molecular complexity index is 542. The van der Waals surface area contributed by atoms with Crippen LogP contribution in [-0.4, -0.2) is 39.7 Å². The average molecular weight is 345 g/mol. The van der Waals surface area contributed by atoms with Gasteiger partial charge in [0.1, 0.15) is 5.60 Å². The number of aliphatic hydroxyl groups is 1. The first-order valence-corrected chi connectivity index (χ1v) is 7.62. The Morgan fingerprint density at radius 2 is 1.96 bits per heavy atom. The van der Waals surface area contributed by atoms with Gasteiger partial charge in [0.05, 0.1) is 22.9 Å². The third kappa shape index (κ3) is 6.83. The minimum Gasteiger partial charge on any atom is -0.444 e. The molecule has 1 rings (SSSR count). The Hall–Kier alpha value is -1.86. The molecule has 0 fully saturated rings. The fraction of sp³-hybridized carbons (Fsp3) is 0.533. The van der Waals surface area contributed by atoms with Crippen LogP contribution >= 0.6 is 11.6 Å². The largest absolute Gasteiger partial charge is 0.444 e. The maximum atomic E-state index is 11.8. The van der Waals surface area contributed by atoms with Crippen LogP contribution in [0.4, 0.5) is 10.5 Å². The van der Waals surface area contributed by atoms with Gasteiger partial charge in [-0.05, 0) is 32.8 Å². The molecule has 0 heterocycles. The number of ether oxygens (including phenoxy) is 1. The summed E-state index contributed by atoms with van der Waals surface area (Å²) >= 11 is 5.66. The SMILES string of the molecule is CC(C)(C)OC(=O)NC(Cc1ccc([N+](=O)[O-])cc1)C(O)CCl. The third-order valence-corrected chi connectivity index (χ3v) is 3.24. The standard InChI is InChI=1S/C15H21ClN2O5/c1-15(2,3)23-14(20)17-12(13(19)9-16)8-10-4-6-11(7-5-10)18(21)22/h4-7,12-13,19H,8-9H2,1-3H3,(H,17,20). The maximum Gasteiger partial charge on any atom is 0.407 e. The molecule has 0 aliphatic heterocycles. The van der Waals surface area contributed by atoms with E-state index in [1.54, 1.807) is 32.9 Å². The zero-order valence-electron chi connectivity index (χ0n) is 13.3. The Balaban J connectivity index is 2.78. The first kappa shape index (κ1) is 19.2. The fourth-order valence-corrected chi connectivity index (χ4v) is 2.07. The predicted octanol–water partition coefficient (Wildman–Crippen LogP) is 2.63. The first-order valence-electron chi connectivity index (χ1n) is 7.09. The number of benzene rings is 1. The van der Waals surface area contributed by atoms with Crippen LogP contribution < -0.4 is 5.32 Å². The van der Waals surface area contributed by atoms with Gasteiger partial charge in [-0.3, -0.25) is 10.1 Å². The Labute approximate surface area is 139 Å². The number of nitro benzene ring substituents is 1. The lowest BCUT2D eigenvalue weighted by atomic mass is 10.0. The summed E-state index contributed by atoms with van der Waals surface area (Å²) in [7, 11) is 0. The van der Waals surface area contributed by atoms with Crippen molar-refractivity contribution in [2.45, 2.75) is 44.9 Å². The highest BCUT2D eigenvalue weighted by Gasteiger charge is 2.24. The van der Waals surface area contributed by atoms with E-state index in [0.29, 0.717) is 0 Å². The molecule has 0 saturated heterocycles. The monoisotopic (exact) mass is 344 g/mol. The zero-order chi connectivity index (χ0) is 17.6. The van der Waals surface area contributed by atoms with E-state index in [2.05, 4.69) is 5.32 Å². The summed E-state index contributed by atoms with van der Waals surface area (Å²) < 4.78 is 5.16. The molecule has 0 saturated carbocycles. The Morgan fingerprint density at radius 1 is 1.39 bits per heavy atom. The van der Waals surface area contributed by atoms with Crippen molar-refractivity contribution in [3.8, 4) is 0 Å². The first-order chi connectivity index (χ1) is 10.6. The number of hydrogen-bond donors (Lipinski definition) is 2. The molecule has 0 spiro atoms. The van der Waals surface area contributed by atoms with E-state index in [4.69, 9.17) is 16.3 Å². The van der Waals surface area contributed by atoms with Crippen LogP contribution in [0.15, 0.2) is 24.3 Å². The number of alkyl halides is 1. The second-order valence-electron chi connectivity index (χ2n) is 6.10. The number of halogens is 1. The fourth-order valence-electron chi connectivity index (χ4n) is 1.86. The minimum absolute atomic E-state index is 0.0247. The van der Waals surface area contributed by atoms with E-state index in [1.807, 2.05) is 0 Å². The molecule has 0 aliphatic carbocycles. The van der Waals surface area contributed by atoms with Crippen molar-refractivity contribution in [1.82, 2.24) is 5.32 Å². The number of carbonyl (C=O) groups is 1. The smallest absolute Gasteiger partial charge is 0.407 e. The molecule has 2 atom stereocenters. The number of carbonyl (C=O) groups excluding carboxylic acids is 1. The van der Waals surface area contributed by atoms with Gasteiger partial charge >= 0.3 is 6.09 Å². The lowest BCUT2D eigenvalue weighted by Gasteiger charge is -2.26. The molecule has 1 amide bonds. The van der Waals surface area contributed by atoms with Crippen molar-refractivity contribution >= 4 is 23.4 Å². The van der Waals surface area contributed by atoms with Gasteiger partial charge < -0.3 is 15.2 Å². The highest BCUT2D eigenvalue weighted by atomic mass is 35.5. The number of nitrogens with zero attached hydrogens (tertiary/aromatic N) is 1. The van der Waals surface area contributed by atoms with Crippen LogP contribution in [0.1, 0.15) is 26.3 Å². The summed E-state index contributed by atoms with van der Waals surface area (Å²) in [5.74, 6) is -0.0621. The van der Waals surface area contributed by atoms with Crippen LogP contribution in [0.2, 0.25) is 0 Å². The Morgan fingerprint density at radius 3 is 2.39 bits per heavy atom. The van der Waals surface area contributed by atoms with Crippen molar-refractivity contribution in [3.05, 3.63) is 39.9 Å². The topological polar surface area (TPSA) is 102 Å². The predicted molar refractivity (Wildman–Crippen MR) is 86.7 cm³/mol. The molecule has 0 radical (unpaired) electrons. The number of hydrogen-bond acceptors (Lipinski definition) is 5. The van der Waals surface area contributed by atoms with Crippen molar-refractivity contribution in [2.75, 3.05) is 5.88 Å². The molecule has 23 heavy (non-hydrogen) atoms. The van der Waals surface area contributed by atoms with Gasteiger partial charge in [-0.2, -0.15) is 0 Å². The van der Waals surface area contributed by atoms with Crippen molar-refractivity contribution in [2.24, 2.45) is 0 Å². The van der Waals surface area contributed by atoms with Gasteiger partial charge in [0.2, 0.25) is 0 Å². The number of nitrogens with one attached hydrogen (secondary N) is 1. The normalized spacial score (nSPS) is 14.0. The van der Waals surface area contributed by atoms with Crippen molar-refractivity contribution < 1.29 is 19.6 Å². The number of amides is 1. The second-order valence-corrected chi connectivity index (χ2v) is 6.41. The number of aliphatic hydroxyl groups excluding tert-OH is 1. The molecule has 1 aromatic rings. The van der Waals surface area contributed by atoms with Gasteiger partial charge in [-0.1, -0.05) is 12.1 Å². The molecular formula is C15H21ClN2O5. The van der Waals surface area contributed by atoms with Crippen molar-refractivity contribution in [3.63, 3.8) is 0 Å². The van der Waals surface area contributed by atoms with Crippen LogP contribution in [0.3, 0.4) is 0 Å². The molecular weight excluding hydrogens is 324 g/mol. The second kappa shape index (κ2) is 8.12. The van der Waals surface area contributed by atoms with Crippen LogP contribution in [0.25, 0.3) is 0 Å². The van der Waals surface area contributed by atoms with Crippen LogP contribution in [0.5, 0.6) is 0 Å². The molecule has 0 aromatic heterocycles. The summed E-state index contributed by atoms with van der Waals surface area (Å²) in [5, 5.41) is 23.2. The Kier molecular flexibility index (Phi) is 6.78. The van der Waals surface area contributed by atoms with Gasteiger partial charge in [-0.15, -0.1) is 11.6 Å². The van der Waals surface area contributed by atoms with Gasteiger partial charge in [0, 0.05) is 12.1 Å². The molecule has 0 bridgehead atoms. The van der Waals surface area contributed by atoms with E-state index < -0.39 is 28.8 Å². The van der Waals surface area contributed by atoms with Crippen LogP contribution in [0, 0.1) is 10.1 Å². The molecule has 0 aliphatic rings. The zero-order valence-corrected chi connectivity index (χ0v) is 14.0. The molecule has 8 heteroatoms. The van der Waals surface area contributed by atoms with Crippen molar-refractivity contribution in [1.29, 1.82) is 0 Å². The average Bonchev–Trinajstić information content (AvgIpc) is 2.44. The van der Waals surface area contributed by atoms with E-state index >= 15 is 0 Å². The molecule has 7 nitrogen and oxygen atoms in total. The van der Waals surface area contributed by atoms with E-state index in [9.17, 15) is 20.0 Å². The summed E-state index contributed by atoms with van der Waals surface area (Å²) in [6.07, 6.45) is -1.36. The number of rotatable bonds is 6. The van der Waals surface area contributed by atoms with Gasteiger partial charge in [0.15, 0.2) is 0 Å². The highest BCUT2D eigenvalue weighted by Crippen LogP contribution is 2.15. The minimum atomic E-state index is -0.973. The quantitative estimate of drug-likeness (QED) is 0.469. The van der Waals surface area contributed by atoms with E-state index in [1.165, 1.54) is 12.1 Å². The van der Waals surface area contributed by atoms with Gasteiger partial charge in [-0.25, -0.2) is 4.79 Å². The lowest BCUT2D eigenvalue weighted by Crippen LogP contribution is -2.47. The molecule has 128 valence electrons.